The van der Waals surface area contributed by atoms with Gasteiger partial charge in [0.2, 0.25) is 0 Å². The summed E-state index contributed by atoms with van der Waals surface area (Å²) in [6.45, 7) is 7.33. The zero-order valence-electron chi connectivity index (χ0n) is 18.7. The monoisotopic (exact) mass is 422 g/mol. The Kier molecular flexibility index (Phi) is 6.54. The fourth-order valence-corrected chi connectivity index (χ4v) is 5.03. The first kappa shape index (κ1) is 21.7. The quantitative estimate of drug-likeness (QED) is 0.396. The van der Waals surface area contributed by atoms with Gasteiger partial charge in [-0.05, 0) is 36.7 Å². The molecule has 164 valence electrons. The largest absolute Gasteiger partial charge is 0.268 e. The molecule has 1 aliphatic rings. The third kappa shape index (κ3) is 4.44. The molecule has 3 aromatic rings. The third-order valence-electron chi connectivity index (χ3n) is 6.78. The molecule has 0 N–H and O–H groups in total. The smallest absolute Gasteiger partial charge is 0.166 e. The molecule has 0 aliphatic heterocycles. The minimum Gasteiger partial charge on any atom is -0.268 e. The van der Waals surface area contributed by atoms with Crippen LogP contribution in [0.25, 0.3) is 22.4 Å². The molecule has 2 nitrogen and oxygen atoms in total. The lowest BCUT2D eigenvalue weighted by molar-refractivity contribution is 0.240. The van der Waals surface area contributed by atoms with Crippen LogP contribution in [0, 0.1) is 23.5 Å². The molecule has 1 aliphatic carbocycles. The van der Waals surface area contributed by atoms with Gasteiger partial charge in [0.05, 0.1) is 0 Å². The lowest BCUT2D eigenvalue weighted by Crippen LogP contribution is -2.20. The van der Waals surface area contributed by atoms with Crippen LogP contribution in [-0.4, -0.2) is 9.78 Å². The molecule has 1 saturated carbocycles. The molecule has 1 aromatic heterocycles. The molecular formula is C27H32F2N2. The van der Waals surface area contributed by atoms with Crippen LogP contribution < -0.4 is 0 Å². The highest BCUT2D eigenvalue weighted by atomic mass is 19.2. The Balaban J connectivity index is 1.83. The van der Waals surface area contributed by atoms with E-state index < -0.39 is 11.6 Å². The van der Waals surface area contributed by atoms with E-state index in [2.05, 4.69) is 25.5 Å². The summed E-state index contributed by atoms with van der Waals surface area (Å²) in [6.07, 6.45) is 6.22. The fraction of sp³-hybridized carbons (Fsp3) is 0.444. The van der Waals surface area contributed by atoms with Gasteiger partial charge in [-0.1, -0.05) is 82.5 Å². The van der Waals surface area contributed by atoms with E-state index in [1.54, 1.807) is 12.1 Å². The van der Waals surface area contributed by atoms with Crippen LogP contribution in [0.4, 0.5) is 8.78 Å². The van der Waals surface area contributed by atoms with Crippen molar-refractivity contribution in [3.05, 3.63) is 65.9 Å². The van der Waals surface area contributed by atoms with Crippen molar-refractivity contribution in [3.8, 4) is 22.4 Å². The van der Waals surface area contributed by atoms with Crippen LogP contribution in [0.3, 0.4) is 0 Å². The van der Waals surface area contributed by atoms with Gasteiger partial charge in [-0.15, -0.1) is 0 Å². The number of hydrogen-bond donors (Lipinski definition) is 0. The number of benzene rings is 2. The van der Waals surface area contributed by atoms with Gasteiger partial charge in [0.1, 0.15) is 5.69 Å². The van der Waals surface area contributed by atoms with E-state index in [4.69, 9.17) is 5.10 Å². The van der Waals surface area contributed by atoms with Gasteiger partial charge in [0, 0.05) is 28.9 Å². The van der Waals surface area contributed by atoms with Crippen molar-refractivity contribution in [2.75, 3.05) is 0 Å². The molecule has 0 saturated heterocycles. The molecule has 0 bridgehead atoms. The van der Waals surface area contributed by atoms with Crippen molar-refractivity contribution in [2.45, 2.75) is 65.3 Å². The summed E-state index contributed by atoms with van der Waals surface area (Å²) in [5.41, 5.74) is 3.66. The van der Waals surface area contributed by atoms with E-state index in [9.17, 15) is 8.78 Å². The summed E-state index contributed by atoms with van der Waals surface area (Å²) in [4.78, 5) is 0. The third-order valence-corrected chi connectivity index (χ3v) is 6.78. The highest BCUT2D eigenvalue weighted by Gasteiger charge is 2.28. The van der Waals surface area contributed by atoms with E-state index in [1.807, 2.05) is 30.3 Å². The zero-order valence-corrected chi connectivity index (χ0v) is 18.7. The maximum atomic E-state index is 15.0. The van der Waals surface area contributed by atoms with Gasteiger partial charge < -0.3 is 0 Å². The molecule has 2 aromatic carbocycles. The van der Waals surface area contributed by atoms with E-state index >= 15 is 0 Å². The zero-order chi connectivity index (χ0) is 22.0. The lowest BCUT2D eigenvalue weighted by atomic mass is 9.81. The van der Waals surface area contributed by atoms with Crippen molar-refractivity contribution in [1.82, 2.24) is 9.78 Å². The van der Waals surface area contributed by atoms with Gasteiger partial charge in [-0.3, -0.25) is 4.68 Å². The maximum Gasteiger partial charge on any atom is 0.166 e. The molecule has 0 unspecified atom stereocenters. The van der Waals surface area contributed by atoms with Crippen LogP contribution >= 0.6 is 0 Å². The normalized spacial score (nSPS) is 19.2. The minimum atomic E-state index is -0.822. The fourth-order valence-electron chi connectivity index (χ4n) is 5.03. The molecule has 0 spiro atoms. The van der Waals surface area contributed by atoms with E-state index in [0.717, 1.165) is 35.0 Å². The van der Waals surface area contributed by atoms with Crippen LogP contribution in [0.15, 0.2) is 48.5 Å². The van der Waals surface area contributed by atoms with Gasteiger partial charge in [0.15, 0.2) is 11.6 Å². The molecular weight excluding hydrogens is 390 g/mol. The summed E-state index contributed by atoms with van der Waals surface area (Å²) in [5, 5.41) is 5.01. The van der Waals surface area contributed by atoms with Crippen LogP contribution in [0.5, 0.6) is 0 Å². The van der Waals surface area contributed by atoms with E-state index in [0.29, 0.717) is 11.5 Å². The summed E-state index contributed by atoms with van der Waals surface area (Å²) < 4.78 is 31.2. The molecule has 4 rings (SSSR count). The average molecular weight is 423 g/mol. The van der Waals surface area contributed by atoms with Crippen molar-refractivity contribution >= 4 is 0 Å². The second kappa shape index (κ2) is 9.33. The average Bonchev–Trinajstić information content (AvgIpc) is 3.16. The van der Waals surface area contributed by atoms with Gasteiger partial charge in [-0.2, -0.15) is 5.10 Å². The first-order valence-corrected chi connectivity index (χ1v) is 11.6. The van der Waals surface area contributed by atoms with Crippen LogP contribution in [0.2, 0.25) is 0 Å². The highest BCUT2D eigenvalue weighted by Crippen LogP contribution is 2.41. The molecule has 31 heavy (non-hydrogen) atoms. The van der Waals surface area contributed by atoms with Crippen molar-refractivity contribution in [1.29, 1.82) is 0 Å². The Morgan fingerprint density at radius 1 is 0.935 bits per heavy atom. The molecule has 4 heteroatoms. The van der Waals surface area contributed by atoms with E-state index in [-0.39, 0.29) is 5.92 Å². The number of rotatable bonds is 6. The molecule has 0 amide bonds. The Morgan fingerprint density at radius 2 is 1.61 bits per heavy atom. The SMILES string of the molecule is CCC1CCC(Cn2nc(-c3ccccc3)c(-c3cccc(F)c3F)c2C(C)C)CC1. The number of nitrogens with zero attached hydrogens (tertiary/aromatic N) is 2. The second-order valence-electron chi connectivity index (χ2n) is 9.21. The van der Waals surface area contributed by atoms with Crippen molar-refractivity contribution in [2.24, 2.45) is 11.8 Å². The van der Waals surface area contributed by atoms with Crippen LogP contribution in [-0.2, 0) is 6.54 Å². The Bertz CT molecular complexity index is 1020. The Labute approximate surface area is 184 Å². The number of halogens is 2. The Morgan fingerprint density at radius 3 is 2.26 bits per heavy atom. The maximum absolute atomic E-state index is 15.0. The number of aromatic nitrogens is 2. The van der Waals surface area contributed by atoms with Crippen molar-refractivity contribution in [3.63, 3.8) is 0 Å². The minimum absolute atomic E-state index is 0.134. The standard InChI is InChI=1S/C27H32F2N2/c1-4-19-13-15-20(16-14-19)17-31-27(18(2)3)24(22-11-8-12-23(28)25(22)29)26(30-31)21-9-6-5-7-10-21/h5-12,18-20H,4,13-17H2,1-3H3. The predicted molar refractivity (Wildman–Crippen MR) is 123 cm³/mol. The van der Waals surface area contributed by atoms with Gasteiger partial charge >= 0.3 is 0 Å². The summed E-state index contributed by atoms with van der Waals surface area (Å²) in [5.74, 6) is -0.0691. The topological polar surface area (TPSA) is 17.8 Å². The van der Waals surface area contributed by atoms with Gasteiger partial charge in [0.25, 0.3) is 0 Å². The molecule has 0 radical (unpaired) electrons. The molecule has 1 fully saturated rings. The lowest BCUT2D eigenvalue weighted by Gasteiger charge is -2.28. The van der Waals surface area contributed by atoms with Crippen molar-refractivity contribution < 1.29 is 8.78 Å². The first-order chi connectivity index (χ1) is 15.0. The summed E-state index contributed by atoms with van der Waals surface area (Å²) >= 11 is 0. The molecule has 0 atom stereocenters. The Hall–Kier alpha value is -2.49. The molecule has 1 heterocycles. The number of hydrogen-bond acceptors (Lipinski definition) is 1. The van der Waals surface area contributed by atoms with Gasteiger partial charge in [-0.25, -0.2) is 8.78 Å². The highest BCUT2D eigenvalue weighted by molar-refractivity contribution is 5.83. The summed E-state index contributed by atoms with van der Waals surface area (Å²) in [7, 11) is 0. The van der Waals surface area contributed by atoms with Crippen LogP contribution in [0.1, 0.15) is 64.5 Å². The first-order valence-electron chi connectivity index (χ1n) is 11.6. The predicted octanol–water partition coefficient (Wildman–Crippen LogP) is 7.84. The van der Waals surface area contributed by atoms with E-state index in [1.165, 1.54) is 38.2 Å². The summed E-state index contributed by atoms with van der Waals surface area (Å²) in [6, 6.07) is 14.3. The second-order valence-corrected chi connectivity index (χ2v) is 9.21.